The smallest absolute Gasteiger partial charge is 0.254 e. The lowest BCUT2D eigenvalue weighted by molar-refractivity contribution is 0.0941. The molecule has 0 saturated heterocycles. The van der Waals surface area contributed by atoms with E-state index in [1.165, 1.54) is 4.88 Å². The number of thiophene rings is 1. The number of hydrogen-bond donors (Lipinski definition) is 1. The average Bonchev–Trinajstić information content (AvgIpc) is 3.32. The quantitative estimate of drug-likeness (QED) is 0.605. The van der Waals surface area contributed by atoms with Gasteiger partial charge in [-0.25, -0.2) is 4.68 Å². The molecule has 0 aliphatic rings. The summed E-state index contributed by atoms with van der Waals surface area (Å²) >= 11 is 7.70. The third kappa shape index (κ3) is 4.46. The second-order valence-corrected chi connectivity index (χ2v) is 8.61. The topological polar surface area (TPSA) is 50.2 Å². The number of aromatic nitrogens is 2. The molecule has 0 saturated carbocycles. The molecule has 0 radical (unpaired) electrons. The van der Waals surface area contributed by atoms with Crippen molar-refractivity contribution in [3.05, 3.63) is 69.1 Å². The number of nitrogens with one attached hydrogen (secondary N) is 1. The zero-order valence-corrected chi connectivity index (χ0v) is 18.1. The summed E-state index contributed by atoms with van der Waals surface area (Å²) in [6.45, 7) is 4.67. The highest BCUT2D eigenvalue weighted by Crippen LogP contribution is 2.25. The van der Waals surface area contributed by atoms with Crippen molar-refractivity contribution in [1.29, 1.82) is 0 Å². The van der Waals surface area contributed by atoms with Gasteiger partial charge in [0.15, 0.2) is 0 Å². The Hall–Kier alpha value is -2.15. The van der Waals surface area contributed by atoms with Crippen LogP contribution in [-0.2, 0) is 0 Å². The van der Waals surface area contributed by atoms with Crippen molar-refractivity contribution in [1.82, 2.24) is 20.0 Å². The van der Waals surface area contributed by atoms with Crippen LogP contribution in [0.4, 0.5) is 0 Å². The molecule has 0 bridgehead atoms. The van der Waals surface area contributed by atoms with E-state index in [2.05, 4.69) is 40.6 Å². The summed E-state index contributed by atoms with van der Waals surface area (Å²) in [4.78, 5) is 16.3. The zero-order valence-electron chi connectivity index (χ0n) is 16.5. The fraction of sp³-hybridized carbons (Fsp3) is 0.333. The van der Waals surface area contributed by atoms with Crippen molar-refractivity contribution < 1.29 is 4.79 Å². The van der Waals surface area contributed by atoms with Gasteiger partial charge >= 0.3 is 0 Å². The summed E-state index contributed by atoms with van der Waals surface area (Å²) in [5, 5.41) is 10.3. The van der Waals surface area contributed by atoms with Crippen LogP contribution in [-0.4, -0.2) is 41.2 Å². The fourth-order valence-electron chi connectivity index (χ4n) is 3.18. The summed E-state index contributed by atoms with van der Waals surface area (Å²) in [6, 6.07) is 11.7. The molecule has 3 aromatic rings. The second kappa shape index (κ2) is 8.90. The number of halogens is 1. The molecule has 28 heavy (non-hydrogen) atoms. The maximum absolute atomic E-state index is 13.0. The first-order valence-corrected chi connectivity index (χ1v) is 10.5. The molecular formula is C21H25ClN4OS. The molecule has 0 fully saturated rings. The van der Waals surface area contributed by atoms with Gasteiger partial charge < -0.3 is 10.2 Å². The number of carbonyl (C=O) groups excluding carboxylic acids is 1. The van der Waals surface area contributed by atoms with Gasteiger partial charge in [0.2, 0.25) is 0 Å². The van der Waals surface area contributed by atoms with Gasteiger partial charge in [0.1, 0.15) is 0 Å². The van der Waals surface area contributed by atoms with Gasteiger partial charge in [-0.15, -0.1) is 11.3 Å². The van der Waals surface area contributed by atoms with E-state index in [0.29, 0.717) is 17.1 Å². The van der Waals surface area contributed by atoms with Crippen LogP contribution in [0.15, 0.2) is 48.0 Å². The van der Waals surface area contributed by atoms with Gasteiger partial charge in [-0.1, -0.05) is 31.5 Å². The summed E-state index contributed by atoms with van der Waals surface area (Å²) in [7, 11) is 4.04. The Morgan fingerprint density at radius 2 is 1.96 bits per heavy atom. The Morgan fingerprint density at radius 1 is 1.25 bits per heavy atom. The third-order valence-electron chi connectivity index (χ3n) is 4.62. The lowest BCUT2D eigenvalue weighted by Crippen LogP contribution is -2.34. The van der Waals surface area contributed by atoms with E-state index >= 15 is 0 Å². The average molecular weight is 417 g/mol. The highest BCUT2D eigenvalue weighted by molar-refractivity contribution is 7.10. The largest absolute Gasteiger partial charge is 0.350 e. The Kier molecular flexibility index (Phi) is 6.54. The highest BCUT2D eigenvalue weighted by Gasteiger charge is 2.22. The Balaban J connectivity index is 1.82. The highest BCUT2D eigenvalue weighted by atomic mass is 35.5. The van der Waals surface area contributed by atoms with Crippen molar-refractivity contribution in [3.63, 3.8) is 0 Å². The molecule has 0 spiro atoms. The Bertz CT molecular complexity index is 917. The summed E-state index contributed by atoms with van der Waals surface area (Å²) in [5.74, 6) is 0.0354. The van der Waals surface area contributed by atoms with E-state index in [-0.39, 0.29) is 17.9 Å². The van der Waals surface area contributed by atoms with Crippen LogP contribution in [0.25, 0.3) is 5.69 Å². The fourth-order valence-corrected chi connectivity index (χ4v) is 4.23. The van der Waals surface area contributed by atoms with Crippen LogP contribution >= 0.6 is 22.9 Å². The number of nitrogens with zero attached hydrogens (tertiary/aromatic N) is 3. The van der Waals surface area contributed by atoms with Crippen LogP contribution in [0.1, 0.15) is 46.7 Å². The van der Waals surface area contributed by atoms with Gasteiger partial charge in [0.05, 0.1) is 29.2 Å². The number of benzene rings is 1. The molecule has 1 unspecified atom stereocenters. The number of hydrogen-bond acceptors (Lipinski definition) is 4. The van der Waals surface area contributed by atoms with Gasteiger partial charge in [0.25, 0.3) is 5.91 Å². The van der Waals surface area contributed by atoms with Crippen LogP contribution < -0.4 is 5.32 Å². The first kappa shape index (κ1) is 20.6. The standard InChI is InChI=1S/C21H25ClN4OS/c1-14(2)20-17(12-24-26(20)16-9-7-15(22)8-10-16)21(27)23-13-18(25(3)4)19-6-5-11-28-19/h5-12,14,18H,13H2,1-4H3,(H,23,27). The predicted octanol–water partition coefficient (Wildman–Crippen LogP) is 4.74. The number of rotatable bonds is 7. The van der Waals surface area contributed by atoms with Gasteiger partial charge in [-0.05, 0) is 55.7 Å². The first-order chi connectivity index (χ1) is 13.4. The van der Waals surface area contributed by atoms with Crippen LogP contribution in [0.3, 0.4) is 0 Å². The van der Waals surface area contributed by atoms with Gasteiger partial charge in [0, 0.05) is 16.4 Å². The van der Waals surface area contributed by atoms with E-state index in [1.54, 1.807) is 17.5 Å². The summed E-state index contributed by atoms with van der Waals surface area (Å²) in [5.41, 5.74) is 2.38. The molecular weight excluding hydrogens is 392 g/mol. The minimum Gasteiger partial charge on any atom is -0.350 e. The maximum atomic E-state index is 13.0. The minimum absolute atomic E-state index is 0.104. The molecule has 3 rings (SSSR count). The van der Waals surface area contributed by atoms with Crippen LogP contribution in [0, 0.1) is 0 Å². The predicted molar refractivity (Wildman–Crippen MR) is 116 cm³/mol. The molecule has 148 valence electrons. The molecule has 0 aliphatic heterocycles. The summed E-state index contributed by atoms with van der Waals surface area (Å²) < 4.78 is 1.82. The lowest BCUT2D eigenvalue weighted by Gasteiger charge is -2.23. The van der Waals surface area contributed by atoms with Crippen molar-refractivity contribution in [2.45, 2.75) is 25.8 Å². The Labute approximate surface area is 174 Å². The van der Waals surface area contributed by atoms with E-state index in [9.17, 15) is 4.79 Å². The lowest BCUT2D eigenvalue weighted by atomic mass is 10.0. The molecule has 5 nitrogen and oxygen atoms in total. The van der Waals surface area contributed by atoms with Crippen molar-refractivity contribution in [3.8, 4) is 5.69 Å². The normalized spacial score (nSPS) is 12.5. The van der Waals surface area contributed by atoms with E-state index < -0.39 is 0 Å². The van der Waals surface area contributed by atoms with Crippen molar-refractivity contribution in [2.24, 2.45) is 0 Å². The molecule has 1 aromatic carbocycles. The van der Waals surface area contributed by atoms with Gasteiger partial charge in [-0.2, -0.15) is 5.10 Å². The molecule has 2 heterocycles. The Morgan fingerprint density at radius 3 is 2.54 bits per heavy atom. The number of likely N-dealkylation sites (N-methyl/N-ethyl adjacent to an activating group) is 1. The minimum atomic E-state index is -0.104. The van der Waals surface area contributed by atoms with Crippen molar-refractivity contribution >= 4 is 28.8 Å². The summed E-state index contributed by atoms with van der Waals surface area (Å²) in [6.07, 6.45) is 1.65. The first-order valence-electron chi connectivity index (χ1n) is 9.20. The molecule has 2 aromatic heterocycles. The van der Waals surface area contributed by atoms with E-state index in [0.717, 1.165) is 11.4 Å². The molecule has 1 amide bonds. The zero-order chi connectivity index (χ0) is 20.3. The van der Waals surface area contributed by atoms with Gasteiger partial charge in [-0.3, -0.25) is 4.79 Å². The van der Waals surface area contributed by atoms with Crippen molar-refractivity contribution in [2.75, 3.05) is 20.6 Å². The molecule has 1 N–H and O–H groups in total. The molecule has 0 aliphatic carbocycles. The van der Waals surface area contributed by atoms with Crippen LogP contribution in [0.5, 0.6) is 0 Å². The number of amides is 1. The van der Waals surface area contributed by atoms with E-state index in [1.807, 2.05) is 49.1 Å². The monoisotopic (exact) mass is 416 g/mol. The molecule has 1 atom stereocenters. The van der Waals surface area contributed by atoms with E-state index in [4.69, 9.17) is 11.6 Å². The molecule has 7 heteroatoms. The second-order valence-electron chi connectivity index (χ2n) is 7.19. The SMILES string of the molecule is CC(C)c1c(C(=O)NCC(c2cccs2)N(C)C)cnn1-c1ccc(Cl)cc1. The van der Waals surface area contributed by atoms with Crippen LogP contribution in [0.2, 0.25) is 5.02 Å². The number of carbonyl (C=O) groups is 1. The maximum Gasteiger partial charge on any atom is 0.254 e. The third-order valence-corrected chi connectivity index (χ3v) is 5.85.